The Balaban J connectivity index is 2.46. The number of likely N-dealkylation sites (N-methyl/N-ethyl adjacent to an activating group) is 1. The fraction of sp³-hybridized carbons (Fsp3) is 0.857. The molecule has 0 aliphatic carbocycles. The van der Waals surface area contributed by atoms with Gasteiger partial charge in [-0.1, -0.05) is 20.8 Å². The van der Waals surface area contributed by atoms with Gasteiger partial charge in [-0.3, -0.25) is 4.79 Å². The van der Waals surface area contributed by atoms with Crippen molar-refractivity contribution in [3.8, 4) is 0 Å². The predicted octanol–water partition coefficient (Wildman–Crippen LogP) is 1.27. The molecule has 6 heteroatoms. The van der Waals surface area contributed by atoms with E-state index in [4.69, 9.17) is 5.11 Å². The highest BCUT2D eigenvalue weighted by molar-refractivity contribution is 5.76. The smallest absolute Gasteiger partial charge is 0.315 e. The van der Waals surface area contributed by atoms with E-state index in [0.29, 0.717) is 6.42 Å². The van der Waals surface area contributed by atoms with Gasteiger partial charge in [0.1, 0.15) is 0 Å². The lowest BCUT2D eigenvalue weighted by Crippen LogP contribution is -2.48. The SMILES string of the molecule is CN1CCC(NC(=O)NC(CC(=O)O)CC(C)(C)C)C1. The number of hydrogen-bond donors (Lipinski definition) is 3. The van der Waals surface area contributed by atoms with Gasteiger partial charge in [-0.05, 0) is 31.8 Å². The largest absolute Gasteiger partial charge is 0.481 e. The fourth-order valence-electron chi connectivity index (χ4n) is 2.59. The van der Waals surface area contributed by atoms with Crippen molar-refractivity contribution < 1.29 is 14.7 Å². The number of carboxylic acid groups (broad SMARTS) is 1. The van der Waals surface area contributed by atoms with Crippen LogP contribution in [0.2, 0.25) is 0 Å². The first-order valence-electron chi connectivity index (χ1n) is 7.13. The van der Waals surface area contributed by atoms with Crippen LogP contribution in [0.5, 0.6) is 0 Å². The summed E-state index contributed by atoms with van der Waals surface area (Å²) in [5.74, 6) is -0.889. The molecule has 1 aliphatic rings. The van der Waals surface area contributed by atoms with Crippen LogP contribution in [0.25, 0.3) is 0 Å². The Morgan fingerprint density at radius 3 is 2.50 bits per heavy atom. The molecule has 0 aromatic carbocycles. The Labute approximate surface area is 120 Å². The summed E-state index contributed by atoms with van der Waals surface area (Å²) in [4.78, 5) is 25.0. The molecule has 116 valence electrons. The van der Waals surface area contributed by atoms with Gasteiger partial charge >= 0.3 is 12.0 Å². The number of carbonyl (C=O) groups excluding carboxylic acids is 1. The van der Waals surface area contributed by atoms with E-state index in [-0.39, 0.29) is 30.0 Å². The van der Waals surface area contributed by atoms with Gasteiger partial charge in [0.25, 0.3) is 0 Å². The number of likely N-dealkylation sites (tertiary alicyclic amines) is 1. The third-order valence-corrected chi connectivity index (χ3v) is 3.34. The molecule has 1 heterocycles. The number of carboxylic acids is 1. The number of urea groups is 1. The zero-order valence-corrected chi connectivity index (χ0v) is 12.9. The van der Waals surface area contributed by atoms with Crippen molar-refractivity contribution in [1.82, 2.24) is 15.5 Å². The van der Waals surface area contributed by atoms with Crippen molar-refractivity contribution in [2.24, 2.45) is 5.41 Å². The summed E-state index contributed by atoms with van der Waals surface area (Å²) < 4.78 is 0. The Hall–Kier alpha value is -1.30. The molecule has 0 aromatic heterocycles. The number of amides is 2. The third kappa shape index (κ3) is 6.75. The second-order valence-corrected chi connectivity index (χ2v) is 6.93. The Morgan fingerprint density at radius 2 is 2.05 bits per heavy atom. The van der Waals surface area contributed by atoms with Crippen molar-refractivity contribution in [3.05, 3.63) is 0 Å². The van der Waals surface area contributed by atoms with E-state index in [1.54, 1.807) is 0 Å². The molecule has 2 amide bonds. The standard InChI is InChI=1S/C14H27N3O3/c1-14(2,3)8-11(7-12(18)19)16-13(20)15-10-5-6-17(4)9-10/h10-11H,5-9H2,1-4H3,(H,18,19)(H2,15,16,20). The lowest BCUT2D eigenvalue weighted by atomic mass is 9.87. The maximum Gasteiger partial charge on any atom is 0.315 e. The van der Waals surface area contributed by atoms with Crippen LogP contribution in [0.3, 0.4) is 0 Å². The molecular formula is C14H27N3O3. The third-order valence-electron chi connectivity index (χ3n) is 3.34. The summed E-state index contributed by atoms with van der Waals surface area (Å²) in [6, 6.07) is -0.451. The molecule has 2 atom stereocenters. The maximum absolute atomic E-state index is 11.9. The molecule has 3 N–H and O–H groups in total. The Kier molecular flexibility index (Phi) is 5.80. The summed E-state index contributed by atoms with van der Waals surface area (Å²) in [6.07, 6.45) is 1.53. The summed E-state index contributed by atoms with van der Waals surface area (Å²) in [5, 5.41) is 14.6. The molecule has 1 rings (SSSR count). The maximum atomic E-state index is 11.9. The molecule has 0 aromatic rings. The minimum absolute atomic E-state index is 0.0268. The van der Waals surface area contributed by atoms with E-state index < -0.39 is 5.97 Å². The molecule has 20 heavy (non-hydrogen) atoms. The minimum Gasteiger partial charge on any atom is -0.481 e. The van der Waals surface area contributed by atoms with Crippen LogP contribution in [0.1, 0.15) is 40.0 Å². The van der Waals surface area contributed by atoms with Gasteiger partial charge in [0.2, 0.25) is 0 Å². The van der Waals surface area contributed by atoms with Crippen molar-refractivity contribution in [3.63, 3.8) is 0 Å². The first-order chi connectivity index (χ1) is 9.15. The number of nitrogens with zero attached hydrogens (tertiary/aromatic N) is 1. The van der Waals surface area contributed by atoms with Crippen molar-refractivity contribution in [2.75, 3.05) is 20.1 Å². The Morgan fingerprint density at radius 1 is 1.40 bits per heavy atom. The first kappa shape index (κ1) is 16.8. The number of carbonyl (C=O) groups is 2. The van der Waals surface area contributed by atoms with Crippen LogP contribution in [0.15, 0.2) is 0 Å². The van der Waals surface area contributed by atoms with Crippen molar-refractivity contribution in [2.45, 2.75) is 52.1 Å². The number of aliphatic carboxylic acids is 1. The van der Waals surface area contributed by atoms with Gasteiger partial charge in [-0.2, -0.15) is 0 Å². The monoisotopic (exact) mass is 285 g/mol. The van der Waals surface area contributed by atoms with Gasteiger partial charge in [0.05, 0.1) is 6.42 Å². The molecule has 0 spiro atoms. The van der Waals surface area contributed by atoms with Crippen LogP contribution >= 0.6 is 0 Å². The number of rotatable bonds is 5. The molecular weight excluding hydrogens is 258 g/mol. The normalized spacial score (nSPS) is 21.5. The molecule has 1 fully saturated rings. The van der Waals surface area contributed by atoms with E-state index in [1.807, 2.05) is 27.8 Å². The van der Waals surface area contributed by atoms with E-state index in [2.05, 4.69) is 15.5 Å². The number of hydrogen-bond acceptors (Lipinski definition) is 3. The van der Waals surface area contributed by atoms with E-state index >= 15 is 0 Å². The van der Waals surface area contributed by atoms with Gasteiger partial charge in [0.15, 0.2) is 0 Å². The molecule has 0 radical (unpaired) electrons. The van der Waals surface area contributed by atoms with Gasteiger partial charge < -0.3 is 20.6 Å². The summed E-state index contributed by atoms with van der Waals surface area (Å²) >= 11 is 0. The van der Waals surface area contributed by atoms with Crippen LogP contribution in [0, 0.1) is 5.41 Å². The topological polar surface area (TPSA) is 81.7 Å². The molecule has 0 saturated carbocycles. The van der Waals surface area contributed by atoms with Crippen molar-refractivity contribution >= 4 is 12.0 Å². The molecule has 1 saturated heterocycles. The first-order valence-corrected chi connectivity index (χ1v) is 7.13. The molecule has 6 nitrogen and oxygen atoms in total. The second-order valence-electron chi connectivity index (χ2n) is 6.93. The molecule has 2 unspecified atom stereocenters. The van der Waals surface area contributed by atoms with Gasteiger partial charge in [-0.15, -0.1) is 0 Å². The minimum atomic E-state index is -0.889. The van der Waals surface area contributed by atoms with Gasteiger partial charge in [-0.25, -0.2) is 4.79 Å². The van der Waals surface area contributed by atoms with E-state index in [0.717, 1.165) is 19.5 Å². The number of nitrogens with one attached hydrogen (secondary N) is 2. The fourth-order valence-corrected chi connectivity index (χ4v) is 2.59. The zero-order valence-electron chi connectivity index (χ0n) is 12.9. The van der Waals surface area contributed by atoms with Crippen LogP contribution in [-0.4, -0.2) is 54.2 Å². The average molecular weight is 285 g/mol. The Bertz CT molecular complexity index is 352. The lowest BCUT2D eigenvalue weighted by Gasteiger charge is -2.26. The quantitative estimate of drug-likeness (QED) is 0.710. The highest BCUT2D eigenvalue weighted by Gasteiger charge is 2.25. The highest BCUT2D eigenvalue weighted by atomic mass is 16.4. The van der Waals surface area contributed by atoms with Crippen LogP contribution < -0.4 is 10.6 Å². The van der Waals surface area contributed by atoms with Gasteiger partial charge in [0, 0.05) is 18.6 Å². The predicted molar refractivity (Wildman–Crippen MR) is 77.7 cm³/mol. The summed E-state index contributed by atoms with van der Waals surface area (Å²) in [6.45, 7) is 7.93. The lowest BCUT2D eigenvalue weighted by molar-refractivity contribution is -0.137. The average Bonchev–Trinajstić information content (AvgIpc) is 2.59. The highest BCUT2D eigenvalue weighted by Crippen LogP contribution is 2.22. The van der Waals surface area contributed by atoms with E-state index in [1.165, 1.54) is 0 Å². The van der Waals surface area contributed by atoms with E-state index in [9.17, 15) is 9.59 Å². The molecule has 0 bridgehead atoms. The molecule has 1 aliphatic heterocycles. The van der Waals surface area contributed by atoms with Crippen LogP contribution in [-0.2, 0) is 4.79 Å². The summed E-state index contributed by atoms with van der Waals surface area (Å²) in [7, 11) is 2.02. The zero-order chi connectivity index (χ0) is 15.3. The summed E-state index contributed by atoms with van der Waals surface area (Å²) in [5.41, 5.74) is -0.0268. The van der Waals surface area contributed by atoms with Crippen molar-refractivity contribution in [1.29, 1.82) is 0 Å². The van der Waals surface area contributed by atoms with Crippen LogP contribution in [0.4, 0.5) is 4.79 Å². The second kappa shape index (κ2) is 6.92.